The second-order valence-electron chi connectivity index (χ2n) is 5.49. The molecule has 2 rings (SSSR count). The Bertz CT molecular complexity index is 714. The van der Waals surface area contributed by atoms with Gasteiger partial charge in [-0.25, -0.2) is 13.6 Å². The quantitative estimate of drug-likeness (QED) is 0.776. The van der Waals surface area contributed by atoms with Crippen molar-refractivity contribution in [2.45, 2.75) is 25.8 Å². The van der Waals surface area contributed by atoms with E-state index < -0.39 is 35.7 Å². The molecule has 0 aliphatic heterocycles. The van der Waals surface area contributed by atoms with Crippen molar-refractivity contribution in [3.8, 4) is 0 Å². The standard InChI is InChI=1S/C19H19F2NO3/c1-2-7-16(13-8-4-3-5-9-13)22-17(23)12-25-19(24)18-14(20)10-6-11-15(18)21/h3-6,8-11,16H,2,7,12H2,1H3,(H,22,23). The maximum Gasteiger partial charge on any atom is 0.344 e. The molecule has 6 heteroatoms. The van der Waals surface area contributed by atoms with Gasteiger partial charge in [0.15, 0.2) is 6.61 Å². The number of esters is 1. The van der Waals surface area contributed by atoms with Gasteiger partial charge in [-0.1, -0.05) is 49.7 Å². The van der Waals surface area contributed by atoms with Crippen molar-refractivity contribution >= 4 is 11.9 Å². The van der Waals surface area contributed by atoms with Crippen LogP contribution in [-0.4, -0.2) is 18.5 Å². The number of benzene rings is 2. The topological polar surface area (TPSA) is 55.4 Å². The summed E-state index contributed by atoms with van der Waals surface area (Å²) in [5.41, 5.74) is 0.132. The number of hydrogen-bond donors (Lipinski definition) is 1. The Kier molecular flexibility index (Phi) is 6.62. The van der Waals surface area contributed by atoms with Gasteiger partial charge >= 0.3 is 5.97 Å². The van der Waals surface area contributed by atoms with Crippen molar-refractivity contribution in [2.24, 2.45) is 0 Å². The van der Waals surface area contributed by atoms with Crippen LogP contribution >= 0.6 is 0 Å². The molecule has 0 saturated carbocycles. The van der Waals surface area contributed by atoms with E-state index in [9.17, 15) is 18.4 Å². The Morgan fingerprint density at radius 2 is 1.68 bits per heavy atom. The summed E-state index contributed by atoms with van der Waals surface area (Å²) in [5, 5.41) is 2.77. The molecule has 1 atom stereocenters. The van der Waals surface area contributed by atoms with E-state index in [2.05, 4.69) is 5.32 Å². The number of rotatable bonds is 7. The molecule has 4 nitrogen and oxygen atoms in total. The summed E-state index contributed by atoms with van der Waals surface area (Å²) < 4.78 is 31.8. The Hall–Kier alpha value is -2.76. The van der Waals surface area contributed by atoms with Crippen molar-refractivity contribution in [3.05, 3.63) is 71.3 Å². The second kappa shape index (κ2) is 8.92. The van der Waals surface area contributed by atoms with Crippen molar-refractivity contribution in [2.75, 3.05) is 6.61 Å². The van der Waals surface area contributed by atoms with Gasteiger partial charge in [0.2, 0.25) is 0 Å². The van der Waals surface area contributed by atoms with E-state index in [1.54, 1.807) is 0 Å². The van der Waals surface area contributed by atoms with Gasteiger partial charge in [0.05, 0.1) is 6.04 Å². The Labute approximate surface area is 144 Å². The SMILES string of the molecule is CCCC(NC(=O)COC(=O)c1c(F)cccc1F)c1ccccc1. The van der Waals surface area contributed by atoms with E-state index in [-0.39, 0.29) is 6.04 Å². The molecule has 1 amide bonds. The fraction of sp³-hybridized carbons (Fsp3) is 0.263. The minimum atomic E-state index is -1.21. The molecule has 2 aromatic carbocycles. The van der Waals surface area contributed by atoms with Crippen LogP contribution in [0.4, 0.5) is 8.78 Å². The molecule has 0 aliphatic rings. The highest BCUT2D eigenvalue weighted by Crippen LogP contribution is 2.18. The first kappa shape index (κ1) is 18.6. The molecule has 0 aromatic heterocycles. The lowest BCUT2D eigenvalue weighted by Gasteiger charge is -2.18. The Morgan fingerprint density at radius 3 is 2.28 bits per heavy atom. The molecule has 1 N–H and O–H groups in total. The highest BCUT2D eigenvalue weighted by atomic mass is 19.1. The molecule has 0 radical (unpaired) electrons. The predicted octanol–water partition coefficient (Wildman–Crippen LogP) is 3.78. The smallest absolute Gasteiger partial charge is 0.344 e. The van der Waals surface area contributed by atoms with E-state index in [0.29, 0.717) is 6.42 Å². The van der Waals surface area contributed by atoms with Gasteiger partial charge in [-0.05, 0) is 24.1 Å². The molecule has 0 saturated heterocycles. The first-order valence-electron chi connectivity index (χ1n) is 7.98. The number of nitrogens with one attached hydrogen (secondary N) is 1. The van der Waals surface area contributed by atoms with E-state index >= 15 is 0 Å². The van der Waals surface area contributed by atoms with Crippen molar-refractivity contribution < 1.29 is 23.1 Å². The minimum absolute atomic E-state index is 0.220. The summed E-state index contributed by atoms with van der Waals surface area (Å²) in [5.74, 6) is -3.80. The molecule has 0 heterocycles. The van der Waals surface area contributed by atoms with Crippen LogP contribution in [0.3, 0.4) is 0 Å². The van der Waals surface area contributed by atoms with Crippen molar-refractivity contribution in [3.63, 3.8) is 0 Å². The largest absolute Gasteiger partial charge is 0.452 e. The number of ether oxygens (including phenoxy) is 1. The zero-order valence-electron chi connectivity index (χ0n) is 13.8. The van der Waals surface area contributed by atoms with Crippen LogP contribution in [0, 0.1) is 11.6 Å². The van der Waals surface area contributed by atoms with Gasteiger partial charge < -0.3 is 10.1 Å². The van der Waals surface area contributed by atoms with Gasteiger partial charge in [-0.15, -0.1) is 0 Å². The molecule has 132 valence electrons. The fourth-order valence-corrected chi connectivity index (χ4v) is 2.43. The van der Waals surface area contributed by atoms with Gasteiger partial charge in [-0.2, -0.15) is 0 Å². The third-order valence-electron chi connectivity index (χ3n) is 3.62. The number of hydrogen-bond acceptors (Lipinski definition) is 3. The summed E-state index contributed by atoms with van der Waals surface area (Å²) in [6.45, 7) is 1.38. The Morgan fingerprint density at radius 1 is 1.04 bits per heavy atom. The molecule has 1 unspecified atom stereocenters. The molecule has 25 heavy (non-hydrogen) atoms. The number of halogens is 2. The van der Waals surface area contributed by atoms with Crippen molar-refractivity contribution in [1.29, 1.82) is 0 Å². The monoisotopic (exact) mass is 347 g/mol. The highest BCUT2D eigenvalue weighted by molar-refractivity contribution is 5.91. The van der Waals surface area contributed by atoms with Gasteiger partial charge in [0, 0.05) is 0 Å². The van der Waals surface area contributed by atoms with Gasteiger partial charge in [-0.3, -0.25) is 4.79 Å². The zero-order chi connectivity index (χ0) is 18.2. The van der Waals surface area contributed by atoms with Crippen molar-refractivity contribution in [1.82, 2.24) is 5.32 Å². The lowest BCUT2D eigenvalue weighted by Crippen LogP contribution is -2.32. The highest BCUT2D eigenvalue weighted by Gasteiger charge is 2.20. The molecule has 2 aromatic rings. The van der Waals surface area contributed by atoms with Crippen LogP contribution in [-0.2, 0) is 9.53 Å². The maximum atomic E-state index is 13.5. The Balaban J connectivity index is 1.96. The lowest BCUT2D eigenvalue weighted by atomic mass is 10.0. The van der Waals surface area contributed by atoms with Crippen LogP contribution in [0.5, 0.6) is 0 Å². The van der Waals surface area contributed by atoms with E-state index in [1.807, 2.05) is 37.3 Å². The average molecular weight is 347 g/mol. The van der Waals surface area contributed by atoms with E-state index in [4.69, 9.17) is 4.74 Å². The summed E-state index contributed by atoms with van der Waals surface area (Å²) in [6, 6.07) is 12.2. The van der Waals surface area contributed by atoms with E-state index in [0.717, 1.165) is 30.2 Å². The fourth-order valence-electron chi connectivity index (χ4n) is 2.43. The third kappa shape index (κ3) is 5.11. The summed E-state index contributed by atoms with van der Waals surface area (Å²) in [4.78, 5) is 23.8. The zero-order valence-corrected chi connectivity index (χ0v) is 13.8. The summed E-state index contributed by atoms with van der Waals surface area (Å²) in [6.07, 6.45) is 1.56. The number of carbonyl (C=O) groups is 2. The van der Waals surface area contributed by atoms with Crippen LogP contribution in [0.2, 0.25) is 0 Å². The second-order valence-corrected chi connectivity index (χ2v) is 5.49. The van der Waals surface area contributed by atoms with Gasteiger partial charge in [0.1, 0.15) is 17.2 Å². The third-order valence-corrected chi connectivity index (χ3v) is 3.62. The van der Waals surface area contributed by atoms with Crippen LogP contribution < -0.4 is 5.32 Å². The number of amides is 1. The molecule has 0 aliphatic carbocycles. The average Bonchev–Trinajstić information content (AvgIpc) is 2.60. The molecule has 0 spiro atoms. The number of carbonyl (C=O) groups excluding carboxylic acids is 2. The first-order chi connectivity index (χ1) is 12.0. The maximum absolute atomic E-state index is 13.5. The van der Waals surface area contributed by atoms with Crippen LogP contribution in [0.25, 0.3) is 0 Å². The predicted molar refractivity (Wildman–Crippen MR) is 88.9 cm³/mol. The molecular formula is C19H19F2NO3. The lowest BCUT2D eigenvalue weighted by molar-refractivity contribution is -0.125. The van der Waals surface area contributed by atoms with Gasteiger partial charge in [0.25, 0.3) is 5.91 Å². The molecular weight excluding hydrogens is 328 g/mol. The normalized spacial score (nSPS) is 11.6. The molecule has 0 fully saturated rings. The molecule has 0 bridgehead atoms. The van der Waals surface area contributed by atoms with Crippen LogP contribution in [0.15, 0.2) is 48.5 Å². The van der Waals surface area contributed by atoms with E-state index in [1.165, 1.54) is 0 Å². The summed E-state index contributed by atoms with van der Waals surface area (Å²) in [7, 11) is 0. The summed E-state index contributed by atoms with van der Waals surface area (Å²) >= 11 is 0. The van der Waals surface area contributed by atoms with Crippen LogP contribution in [0.1, 0.15) is 41.7 Å². The first-order valence-corrected chi connectivity index (χ1v) is 7.98. The minimum Gasteiger partial charge on any atom is -0.452 e.